The number of fused-ring (bicyclic) bond motifs is 3. The van der Waals surface area contributed by atoms with E-state index >= 15 is 0 Å². The van der Waals surface area contributed by atoms with Crippen molar-refractivity contribution in [2.24, 2.45) is 4.99 Å². The Hall–Kier alpha value is -5.00. The lowest BCUT2D eigenvalue weighted by Gasteiger charge is -2.32. The maximum Gasteiger partial charge on any atom is 0.241 e. The van der Waals surface area contributed by atoms with Gasteiger partial charge in [-0.2, -0.15) is 0 Å². The fourth-order valence-corrected chi connectivity index (χ4v) is 7.87. The summed E-state index contributed by atoms with van der Waals surface area (Å²) in [6, 6.07) is 22.0. The van der Waals surface area contributed by atoms with E-state index in [1.54, 1.807) is 22.3 Å². The number of likely N-dealkylation sites (tertiary alicyclic amines) is 1. The fraction of sp³-hybridized carbons (Fsp3) is 0.289. The number of nitrogens with one attached hydrogen (secondary N) is 1. The number of nitrogens with zero attached hydrogens (tertiary/aromatic N) is 5. The van der Waals surface area contributed by atoms with E-state index in [9.17, 15) is 14.7 Å². The van der Waals surface area contributed by atoms with E-state index in [0.717, 1.165) is 43.4 Å². The number of carbonyl (C=O) groups is 2. The first-order chi connectivity index (χ1) is 24.2. The highest BCUT2D eigenvalue weighted by atomic mass is 35.5. The first-order valence-electron chi connectivity index (χ1n) is 16.6. The van der Waals surface area contributed by atoms with Crippen LogP contribution in [0, 0.1) is 20.8 Å². The smallest absolute Gasteiger partial charge is 0.241 e. The molecule has 2 N–H and O–H groups in total. The summed E-state index contributed by atoms with van der Waals surface area (Å²) in [6.07, 6.45) is 1.20. The Morgan fingerprint density at radius 1 is 0.980 bits per heavy atom. The summed E-state index contributed by atoms with van der Waals surface area (Å²) in [5.74, 6) is 1.59. The van der Waals surface area contributed by atoms with Crippen molar-refractivity contribution in [1.29, 1.82) is 0 Å². The summed E-state index contributed by atoms with van der Waals surface area (Å²) in [7, 11) is 0. The van der Waals surface area contributed by atoms with Crippen LogP contribution in [0.2, 0.25) is 5.02 Å². The average Bonchev–Trinajstić information content (AvgIpc) is 3.60. The molecule has 7 rings (SSSR count). The largest absolute Gasteiger partial charge is 0.507 e. The molecule has 0 radical (unpaired) electrons. The van der Waals surface area contributed by atoms with Gasteiger partial charge in [-0.05, 0) is 56.2 Å². The maximum absolute atomic E-state index is 13.4. The lowest BCUT2D eigenvalue weighted by molar-refractivity contribution is -0.134. The lowest BCUT2D eigenvalue weighted by Crippen LogP contribution is -2.46. The number of benzene rings is 3. The molecule has 2 aromatic heterocycles. The van der Waals surface area contributed by atoms with Crippen molar-refractivity contribution in [3.05, 3.63) is 111 Å². The van der Waals surface area contributed by atoms with Gasteiger partial charge in [0.25, 0.3) is 0 Å². The van der Waals surface area contributed by atoms with Gasteiger partial charge in [-0.15, -0.1) is 21.5 Å². The van der Waals surface area contributed by atoms with Gasteiger partial charge in [-0.1, -0.05) is 54.1 Å². The topological polar surface area (TPSA) is 122 Å². The number of carbonyl (C=O) groups excluding carboxylic acids is 2. The number of phenolic OH excluding ortho intramolecular Hbond substituents is 1. The van der Waals surface area contributed by atoms with Crippen LogP contribution in [0.4, 0.5) is 0 Å². The van der Waals surface area contributed by atoms with Crippen molar-refractivity contribution in [2.45, 2.75) is 52.2 Å². The summed E-state index contributed by atoms with van der Waals surface area (Å²) in [6.45, 7) is 6.96. The third kappa shape index (κ3) is 6.75. The van der Waals surface area contributed by atoms with Gasteiger partial charge in [0.15, 0.2) is 5.82 Å². The summed E-state index contributed by atoms with van der Waals surface area (Å²) in [5, 5.41) is 23.8. The highest BCUT2D eigenvalue weighted by molar-refractivity contribution is 7.15. The molecular formula is C38H37ClN6O4S. The molecule has 2 aliphatic rings. The number of amides is 2. The Kier molecular flexibility index (Phi) is 9.44. The number of piperidine rings is 1. The van der Waals surface area contributed by atoms with Crippen LogP contribution in [0.25, 0.3) is 16.1 Å². The van der Waals surface area contributed by atoms with Crippen LogP contribution in [-0.4, -0.2) is 68.0 Å². The van der Waals surface area contributed by atoms with Crippen LogP contribution in [-0.2, 0) is 9.59 Å². The third-order valence-electron chi connectivity index (χ3n) is 9.32. The second-order valence-electron chi connectivity index (χ2n) is 12.6. The zero-order valence-corrected chi connectivity index (χ0v) is 29.6. The number of hydrogen-bond acceptors (Lipinski definition) is 8. The fourth-order valence-electron chi connectivity index (χ4n) is 6.53. The van der Waals surface area contributed by atoms with Gasteiger partial charge in [-0.3, -0.25) is 19.1 Å². The molecule has 4 heterocycles. The Labute approximate surface area is 299 Å². The molecule has 50 heavy (non-hydrogen) atoms. The van der Waals surface area contributed by atoms with Gasteiger partial charge in [-0.25, -0.2) is 0 Å². The quantitative estimate of drug-likeness (QED) is 0.184. The van der Waals surface area contributed by atoms with Crippen molar-refractivity contribution in [1.82, 2.24) is 25.0 Å². The van der Waals surface area contributed by atoms with Crippen LogP contribution in [0.1, 0.15) is 58.5 Å². The molecule has 0 bridgehead atoms. The maximum atomic E-state index is 13.4. The molecule has 1 saturated heterocycles. The first-order valence-corrected chi connectivity index (χ1v) is 17.8. The summed E-state index contributed by atoms with van der Waals surface area (Å²) in [5.41, 5.74) is 5.44. The molecule has 12 heteroatoms. The number of phenols is 1. The zero-order valence-electron chi connectivity index (χ0n) is 28.0. The normalized spacial score (nSPS) is 15.9. The first kappa shape index (κ1) is 33.5. The number of aromatic nitrogens is 3. The van der Waals surface area contributed by atoms with Crippen LogP contribution in [0.3, 0.4) is 0 Å². The van der Waals surface area contributed by atoms with Crippen LogP contribution >= 0.6 is 22.9 Å². The van der Waals surface area contributed by atoms with Crippen molar-refractivity contribution in [3.8, 4) is 27.6 Å². The number of rotatable bonds is 8. The van der Waals surface area contributed by atoms with Crippen molar-refractivity contribution in [3.63, 3.8) is 0 Å². The van der Waals surface area contributed by atoms with Crippen molar-refractivity contribution < 1.29 is 19.4 Å². The van der Waals surface area contributed by atoms with Gasteiger partial charge < -0.3 is 20.1 Å². The highest BCUT2D eigenvalue weighted by Gasteiger charge is 2.33. The van der Waals surface area contributed by atoms with Gasteiger partial charge in [0.2, 0.25) is 11.8 Å². The molecular weight excluding hydrogens is 672 g/mol. The molecule has 0 unspecified atom stereocenters. The van der Waals surface area contributed by atoms with E-state index in [0.29, 0.717) is 48.4 Å². The van der Waals surface area contributed by atoms with Gasteiger partial charge in [0.1, 0.15) is 34.5 Å². The second-order valence-corrected chi connectivity index (χ2v) is 14.3. The third-order valence-corrected chi connectivity index (χ3v) is 10.8. The van der Waals surface area contributed by atoms with E-state index < -0.39 is 6.04 Å². The Balaban J connectivity index is 0.984. The molecule has 2 aliphatic heterocycles. The number of thiophene rings is 1. The SMILES string of the molecule is Cc1sc2c(c1C)C(c1ccc(Cl)cc1)=N[C@@H](CC(=O)NCC(=O)N1CCC(Oc3ccc(-c4ccccc4)c(O)c3)CC1)c1nnc(C)n1-2. The van der Waals surface area contributed by atoms with E-state index in [1.807, 2.05) is 78.2 Å². The Morgan fingerprint density at radius 2 is 1.72 bits per heavy atom. The van der Waals surface area contributed by atoms with Crippen LogP contribution in [0.5, 0.6) is 11.5 Å². The molecule has 5 aromatic rings. The minimum atomic E-state index is -0.620. The van der Waals surface area contributed by atoms with Crippen LogP contribution in [0.15, 0.2) is 77.8 Å². The van der Waals surface area contributed by atoms with E-state index in [1.165, 1.54) is 0 Å². The number of aromatic hydroxyl groups is 1. The molecule has 0 saturated carbocycles. The molecule has 2 amide bonds. The number of aryl methyl sites for hydroxylation is 2. The van der Waals surface area contributed by atoms with E-state index in [4.69, 9.17) is 21.3 Å². The molecule has 0 aliphatic carbocycles. The van der Waals surface area contributed by atoms with Gasteiger partial charge in [0, 0.05) is 58.6 Å². The van der Waals surface area contributed by atoms with Gasteiger partial charge >= 0.3 is 0 Å². The van der Waals surface area contributed by atoms with Crippen molar-refractivity contribution >= 4 is 40.5 Å². The number of aliphatic imine (C=N–C) groups is 1. The minimum Gasteiger partial charge on any atom is -0.507 e. The zero-order chi connectivity index (χ0) is 34.9. The summed E-state index contributed by atoms with van der Waals surface area (Å²) in [4.78, 5) is 34.6. The summed E-state index contributed by atoms with van der Waals surface area (Å²) >= 11 is 7.87. The second kappa shape index (κ2) is 14.1. The standard InChI is InChI=1S/C38H37ClN6O4S/c1-22-23(2)50-38-35(22)36(26-9-11-27(39)12-10-26)41-31(37-43-42-24(3)45(37)38)20-33(47)40-21-34(48)44-17-15-28(16-18-44)49-29-13-14-30(32(46)19-29)25-7-5-4-6-8-25/h4-14,19,28,31,46H,15-18,20-21H2,1-3H3,(H,40,47)/t31-/m0/s1. The van der Waals surface area contributed by atoms with Crippen LogP contribution < -0.4 is 10.1 Å². The summed E-state index contributed by atoms with van der Waals surface area (Å²) < 4.78 is 8.16. The Morgan fingerprint density at radius 3 is 2.44 bits per heavy atom. The van der Waals surface area contributed by atoms with E-state index in [-0.39, 0.29) is 36.6 Å². The minimum absolute atomic E-state index is 0.00129. The van der Waals surface area contributed by atoms with Crippen molar-refractivity contribution in [2.75, 3.05) is 19.6 Å². The predicted molar refractivity (Wildman–Crippen MR) is 195 cm³/mol. The number of hydrogen-bond donors (Lipinski definition) is 2. The molecule has 10 nitrogen and oxygen atoms in total. The van der Waals surface area contributed by atoms with E-state index in [2.05, 4.69) is 29.4 Å². The highest BCUT2D eigenvalue weighted by Crippen LogP contribution is 2.40. The van der Waals surface area contributed by atoms with Gasteiger partial charge in [0.05, 0.1) is 18.7 Å². The molecule has 3 aromatic carbocycles. The average molecular weight is 709 g/mol. The molecule has 1 atom stereocenters. The monoisotopic (exact) mass is 708 g/mol. The molecule has 0 spiro atoms. The molecule has 1 fully saturated rings. The number of ether oxygens (including phenoxy) is 1. The molecule has 256 valence electrons. The Bertz CT molecular complexity index is 2080. The predicted octanol–water partition coefficient (Wildman–Crippen LogP) is 6.75. The number of halogens is 1. The lowest BCUT2D eigenvalue weighted by atomic mass is 9.99.